The summed E-state index contributed by atoms with van der Waals surface area (Å²) in [6.45, 7) is 2.46. The van der Waals surface area contributed by atoms with Gasteiger partial charge in [-0.15, -0.1) is 11.3 Å². The van der Waals surface area contributed by atoms with Crippen LogP contribution in [0.15, 0.2) is 12.4 Å². The summed E-state index contributed by atoms with van der Waals surface area (Å²) in [6, 6.07) is -0.0250. The van der Waals surface area contributed by atoms with Gasteiger partial charge in [-0.2, -0.15) is 0 Å². The van der Waals surface area contributed by atoms with Crippen LogP contribution in [-0.2, 0) is 4.74 Å². The average molecular weight is 280 g/mol. The Kier molecular flexibility index (Phi) is 4.28. The van der Waals surface area contributed by atoms with E-state index in [1.54, 1.807) is 19.5 Å². The molecule has 0 radical (unpaired) electrons. The Bertz CT molecular complexity index is 584. The van der Waals surface area contributed by atoms with Gasteiger partial charge in [0.15, 0.2) is 0 Å². The lowest BCUT2D eigenvalue weighted by molar-refractivity contribution is 0.0899. The summed E-state index contributed by atoms with van der Waals surface area (Å²) in [7, 11) is 1.61. The molecule has 3 N–H and O–H groups in total. The van der Waals surface area contributed by atoms with Crippen LogP contribution in [0.5, 0.6) is 0 Å². The molecule has 0 spiro atoms. The summed E-state index contributed by atoms with van der Waals surface area (Å²) in [4.78, 5) is 21.6. The zero-order valence-electron chi connectivity index (χ0n) is 10.8. The van der Waals surface area contributed by atoms with Crippen LogP contribution in [0.3, 0.4) is 0 Å². The van der Waals surface area contributed by atoms with Gasteiger partial charge in [0.1, 0.15) is 15.2 Å². The molecule has 0 aliphatic rings. The second-order valence-corrected chi connectivity index (χ2v) is 5.09. The first kappa shape index (κ1) is 13.7. The molecule has 0 bridgehead atoms. The van der Waals surface area contributed by atoms with Crippen LogP contribution in [0, 0.1) is 0 Å². The van der Waals surface area contributed by atoms with E-state index in [9.17, 15) is 4.79 Å². The summed E-state index contributed by atoms with van der Waals surface area (Å²) in [5, 5.41) is 2.90. The van der Waals surface area contributed by atoms with Crippen molar-refractivity contribution in [2.24, 2.45) is 0 Å². The third-order valence-corrected chi connectivity index (χ3v) is 3.87. The Morgan fingerprint density at radius 1 is 1.53 bits per heavy atom. The minimum absolute atomic E-state index is 0.0250. The molecule has 0 saturated heterocycles. The highest BCUT2D eigenvalue weighted by molar-refractivity contribution is 7.21. The van der Waals surface area contributed by atoms with E-state index in [4.69, 9.17) is 10.5 Å². The Labute approximate surface area is 115 Å². The zero-order chi connectivity index (χ0) is 13.8. The summed E-state index contributed by atoms with van der Waals surface area (Å²) in [6.07, 6.45) is 3.94. The van der Waals surface area contributed by atoms with Gasteiger partial charge in [0, 0.05) is 19.5 Å². The fourth-order valence-corrected chi connectivity index (χ4v) is 2.65. The molecule has 2 rings (SSSR count). The normalized spacial score (nSPS) is 12.5. The molecule has 0 fully saturated rings. The van der Waals surface area contributed by atoms with E-state index in [1.165, 1.54) is 11.3 Å². The van der Waals surface area contributed by atoms with Gasteiger partial charge >= 0.3 is 0 Å². The molecule has 1 unspecified atom stereocenters. The standard InChI is InChI=1S/C12H16N4O2S/c1-3-7(6-18-2)16-11(17)10-8(13)9-12(19-10)15-5-4-14-9/h4-5,7H,3,6,13H2,1-2H3,(H,16,17). The summed E-state index contributed by atoms with van der Waals surface area (Å²) < 4.78 is 5.05. The molecule has 2 heterocycles. The number of ether oxygens (including phenoxy) is 1. The zero-order valence-corrected chi connectivity index (χ0v) is 11.7. The van der Waals surface area contributed by atoms with Gasteiger partial charge in [-0.05, 0) is 6.42 Å². The number of methoxy groups -OCH3 is 1. The molecule has 0 aliphatic heterocycles. The van der Waals surface area contributed by atoms with Gasteiger partial charge in [0.2, 0.25) is 0 Å². The van der Waals surface area contributed by atoms with Gasteiger partial charge in [-0.1, -0.05) is 6.92 Å². The van der Waals surface area contributed by atoms with Crippen molar-refractivity contribution in [1.29, 1.82) is 0 Å². The molecule has 2 aromatic heterocycles. The molecular weight excluding hydrogens is 264 g/mol. The predicted octanol–water partition coefficient (Wildman–Crippen LogP) is 1.43. The number of hydrogen-bond acceptors (Lipinski definition) is 6. The second-order valence-electron chi connectivity index (χ2n) is 4.09. The monoisotopic (exact) mass is 280 g/mol. The number of carbonyl (C=O) groups is 1. The lowest BCUT2D eigenvalue weighted by Gasteiger charge is -2.15. The van der Waals surface area contributed by atoms with E-state index in [1.807, 2.05) is 6.92 Å². The number of aromatic nitrogens is 2. The van der Waals surface area contributed by atoms with Crippen molar-refractivity contribution >= 4 is 33.3 Å². The molecule has 0 aromatic carbocycles. The molecule has 7 heteroatoms. The largest absolute Gasteiger partial charge is 0.396 e. The third-order valence-electron chi connectivity index (χ3n) is 2.77. The first-order chi connectivity index (χ1) is 9.17. The molecule has 0 aliphatic carbocycles. The first-order valence-corrected chi connectivity index (χ1v) is 6.77. The van der Waals surface area contributed by atoms with Gasteiger partial charge in [-0.3, -0.25) is 4.79 Å². The number of rotatable bonds is 5. The minimum atomic E-state index is -0.203. The Morgan fingerprint density at radius 3 is 2.89 bits per heavy atom. The number of nitrogen functional groups attached to an aromatic ring is 1. The van der Waals surface area contributed by atoms with Gasteiger partial charge in [-0.25, -0.2) is 9.97 Å². The molecule has 102 valence electrons. The minimum Gasteiger partial charge on any atom is -0.396 e. The Morgan fingerprint density at radius 2 is 2.26 bits per heavy atom. The third kappa shape index (κ3) is 2.82. The maximum Gasteiger partial charge on any atom is 0.263 e. The van der Waals surface area contributed by atoms with Crippen LogP contribution in [0.1, 0.15) is 23.0 Å². The van der Waals surface area contributed by atoms with Crippen molar-refractivity contribution in [3.8, 4) is 0 Å². The van der Waals surface area contributed by atoms with Gasteiger partial charge in [0.25, 0.3) is 5.91 Å². The molecule has 1 amide bonds. The number of hydrogen-bond donors (Lipinski definition) is 2. The Hall–Kier alpha value is -1.73. The van der Waals surface area contributed by atoms with Crippen molar-refractivity contribution in [3.05, 3.63) is 17.3 Å². The van der Waals surface area contributed by atoms with Crippen molar-refractivity contribution in [1.82, 2.24) is 15.3 Å². The second kappa shape index (κ2) is 5.94. The average Bonchev–Trinajstić information content (AvgIpc) is 2.76. The lowest BCUT2D eigenvalue weighted by atomic mass is 10.2. The van der Waals surface area contributed by atoms with Crippen molar-refractivity contribution in [2.45, 2.75) is 19.4 Å². The summed E-state index contributed by atoms with van der Waals surface area (Å²) >= 11 is 1.25. The number of thiophene rings is 1. The van der Waals surface area contributed by atoms with Crippen LogP contribution >= 0.6 is 11.3 Å². The molecule has 6 nitrogen and oxygen atoms in total. The first-order valence-electron chi connectivity index (χ1n) is 5.96. The maximum atomic E-state index is 12.2. The predicted molar refractivity (Wildman–Crippen MR) is 75.2 cm³/mol. The number of anilines is 1. The van der Waals surface area contributed by atoms with Crippen molar-refractivity contribution in [3.63, 3.8) is 0 Å². The summed E-state index contributed by atoms with van der Waals surface area (Å²) in [5.41, 5.74) is 6.91. The number of carbonyl (C=O) groups excluding carboxylic acids is 1. The SMILES string of the molecule is CCC(COC)NC(=O)c1sc2nccnc2c1N. The molecule has 2 aromatic rings. The molecule has 0 saturated carbocycles. The number of nitrogens with one attached hydrogen (secondary N) is 1. The fraction of sp³-hybridized carbons (Fsp3) is 0.417. The van der Waals surface area contributed by atoms with Crippen LogP contribution in [0.25, 0.3) is 10.3 Å². The van der Waals surface area contributed by atoms with Crippen molar-refractivity contribution in [2.75, 3.05) is 19.5 Å². The maximum absolute atomic E-state index is 12.2. The van der Waals surface area contributed by atoms with Gasteiger partial charge < -0.3 is 15.8 Å². The van der Waals surface area contributed by atoms with Crippen LogP contribution in [0.4, 0.5) is 5.69 Å². The fourth-order valence-electron chi connectivity index (χ4n) is 1.73. The van der Waals surface area contributed by atoms with E-state index in [-0.39, 0.29) is 11.9 Å². The number of amides is 1. The van der Waals surface area contributed by atoms with E-state index in [2.05, 4.69) is 15.3 Å². The smallest absolute Gasteiger partial charge is 0.263 e. The van der Waals surface area contributed by atoms with E-state index in [0.717, 1.165) is 6.42 Å². The van der Waals surface area contributed by atoms with Crippen molar-refractivity contribution < 1.29 is 9.53 Å². The highest BCUT2D eigenvalue weighted by Crippen LogP contribution is 2.30. The van der Waals surface area contributed by atoms with Crippen LogP contribution in [-0.4, -0.2) is 35.6 Å². The van der Waals surface area contributed by atoms with E-state index >= 15 is 0 Å². The lowest BCUT2D eigenvalue weighted by Crippen LogP contribution is -2.37. The van der Waals surface area contributed by atoms with E-state index < -0.39 is 0 Å². The van der Waals surface area contributed by atoms with Gasteiger partial charge in [0.05, 0.1) is 18.3 Å². The molecule has 19 heavy (non-hydrogen) atoms. The quantitative estimate of drug-likeness (QED) is 0.864. The molecular formula is C12H16N4O2S. The Balaban J connectivity index is 2.24. The topological polar surface area (TPSA) is 90.1 Å². The highest BCUT2D eigenvalue weighted by atomic mass is 32.1. The number of nitrogens with zero attached hydrogens (tertiary/aromatic N) is 2. The number of nitrogens with two attached hydrogens (primary N) is 1. The highest BCUT2D eigenvalue weighted by Gasteiger charge is 2.19. The summed E-state index contributed by atoms with van der Waals surface area (Å²) in [5.74, 6) is -0.203. The van der Waals surface area contributed by atoms with Crippen LogP contribution < -0.4 is 11.1 Å². The molecule has 1 atom stereocenters. The number of fused-ring (bicyclic) bond motifs is 1. The van der Waals surface area contributed by atoms with Crippen LogP contribution in [0.2, 0.25) is 0 Å². The van der Waals surface area contributed by atoms with E-state index in [0.29, 0.717) is 27.5 Å².